The number of hydrazone groups is 1. The minimum atomic E-state index is -0.296. The molecule has 0 radical (unpaired) electrons. The number of hydrogen-bond donors (Lipinski definition) is 2. The van der Waals surface area contributed by atoms with E-state index in [0.717, 1.165) is 21.6 Å². The van der Waals surface area contributed by atoms with Gasteiger partial charge in [-0.15, -0.1) is 11.3 Å². The Kier molecular flexibility index (Phi) is 5.49. The average molecular weight is 420 g/mol. The fraction of sp³-hybridized carbons (Fsp3) is 0.136. The van der Waals surface area contributed by atoms with E-state index in [1.54, 1.807) is 12.1 Å². The molecule has 0 spiro atoms. The summed E-state index contributed by atoms with van der Waals surface area (Å²) in [6, 6.07) is 16.5. The van der Waals surface area contributed by atoms with Gasteiger partial charge in [0.05, 0.1) is 29.1 Å². The number of phenols is 1. The highest BCUT2D eigenvalue weighted by Crippen LogP contribution is 2.30. The topological polar surface area (TPSA) is 88.7 Å². The number of phenolic OH excluding ortho intramolecular Hbond substituents is 1. The van der Waals surface area contributed by atoms with Gasteiger partial charge in [0, 0.05) is 5.39 Å². The maximum absolute atomic E-state index is 12.6. The van der Waals surface area contributed by atoms with Gasteiger partial charge in [-0.25, -0.2) is 10.1 Å². The number of benzene rings is 2. The maximum Gasteiger partial charge on any atom is 0.281 e. The molecule has 2 heterocycles. The first-order valence-corrected chi connectivity index (χ1v) is 10.2. The number of para-hydroxylation sites is 1. The number of aryl methyl sites for hydroxylation is 1. The van der Waals surface area contributed by atoms with Crippen molar-refractivity contribution in [2.24, 2.45) is 5.10 Å². The molecule has 4 rings (SSSR count). The molecule has 0 aliphatic rings. The Labute approximate surface area is 177 Å². The largest absolute Gasteiger partial charge is 0.504 e. The second kappa shape index (κ2) is 8.38. The van der Waals surface area contributed by atoms with Crippen LogP contribution >= 0.6 is 11.3 Å². The lowest BCUT2D eigenvalue weighted by molar-refractivity contribution is 0.0959. The predicted molar refractivity (Wildman–Crippen MR) is 118 cm³/mol. The van der Waals surface area contributed by atoms with Crippen molar-refractivity contribution in [3.63, 3.8) is 0 Å². The molecule has 0 atom stereocenters. The number of fused-ring (bicyclic) bond motifs is 1. The van der Waals surface area contributed by atoms with Crippen molar-refractivity contribution in [2.75, 3.05) is 6.61 Å². The van der Waals surface area contributed by atoms with Crippen LogP contribution in [0.1, 0.15) is 27.9 Å². The fourth-order valence-electron chi connectivity index (χ4n) is 3.01. The number of aromatic nitrogens is 2. The van der Waals surface area contributed by atoms with E-state index in [2.05, 4.69) is 15.6 Å². The second-order valence-electron chi connectivity index (χ2n) is 6.52. The summed E-state index contributed by atoms with van der Waals surface area (Å²) < 4.78 is 7.20. The number of aromatic hydroxyl groups is 1. The van der Waals surface area contributed by atoms with Gasteiger partial charge in [-0.05, 0) is 55.8 Å². The number of rotatable bonds is 6. The summed E-state index contributed by atoms with van der Waals surface area (Å²) in [6.07, 6.45) is 1.50. The number of carbonyl (C=O) groups excluding carboxylic acids is 1. The summed E-state index contributed by atoms with van der Waals surface area (Å²) >= 11 is 1.37. The highest BCUT2D eigenvalue weighted by Gasteiger charge is 2.16. The molecule has 8 heteroatoms. The average Bonchev–Trinajstić information content (AvgIpc) is 3.32. The van der Waals surface area contributed by atoms with Crippen LogP contribution in [0, 0.1) is 6.92 Å². The normalized spacial score (nSPS) is 11.3. The second-order valence-corrected chi connectivity index (χ2v) is 7.55. The van der Waals surface area contributed by atoms with Crippen molar-refractivity contribution in [1.29, 1.82) is 0 Å². The number of nitrogens with one attached hydrogen (secondary N) is 1. The molecule has 0 aliphatic heterocycles. The zero-order chi connectivity index (χ0) is 21.1. The Balaban J connectivity index is 1.53. The van der Waals surface area contributed by atoms with Gasteiger partial charge in [0.1, 0.15) is 4.83 Å². The van der Waals surface area contributed by atoms with Crippen LogP contribution in [-0.2, 0) is 0 Å². The summed E-state index contributed by atoms with van der Waals surface area (Å²) in [5.74, 6) is 0.139. The third-order valence-corrected chi connectivity index (χ3v) is 5.54. The van der Waals surface area contributed by atoms with Crippen molar-refractivity contribution >= 4 is 33.7 Å². The maximum atomic E-state index is 12.6. The smallest absolute Gasteiger partial charge is 0.281 e. The first-order chi connectivity index (χ1) is 14.6. The standard InChI is InChI=1S/C22H20N4O3S/c1-3-29-19-11-15(9-10-18(19)27)13-23-24-21(28)20-12-17-14(2)25-26(22(17)30-20)16-7-5-4-6-8-16/h4-13,27H,3H2,1-2H3,(H,24,28)/b23-13-. The molecule has 152 valence electrons. The first-order valence-electron chi connectivity index (χ1n) is 9.40. The Bertz CT molecular complexity index is 1230. The summed E-state index contributed by atoms with van der Waals surface area (Å²) in [5, 5.41) is 19.3. The third-order valence-electron chi connectivity index (χ3n) is 4.43. The summed E-state index contributed by atoms with van der Waals surface area (Å²) in [5.41, 5.74) is 5.05. The molecule has 1 amide bonds. The minimum absolute atomic E-state index is 0.0612. The predicted octanol–water partition coefficient (Wildman–Crippen LogP) is 4.26. The lowest BCUT2D eigenvalue weighted by Gasteiger charge is -2.05. The van der Waals surface area contributed by atoms with Gasteiger partial charge in [0.25, 0.3) is 5.91 Å². The van der Waals surface area contributed by atoms with Gasteiger partial charge in [-0.3, -0.25) is 4.79 Å². The molecule has 0 aliphatic carbocycles. The Hall–Kier alpha value is -3.65. The van der Waals surface area contributed by atoms with E-state index in [1.807, 2.05) is 54.9 Å². The molecule has 2 N–H and O–H groups in total. The zero-order valence-corrected chi connectivity index (χ0v) is 17.3. The molecule has 0 fully saturated rings. The number of carbonyl (C=O) groups is 1. The Morgan fingerprint density at radius 2 is 2.07 bits per heavy atom. The molecule has 0 unspecified atom stereocenters. The Morgan fingerprint density at radius 1 is 1.27 bits per heavy atom. The van der Waals surface area contributed by atoms with Crippen LogP contribution in [0.4, 0.5) is 0 Å². The molecule has 7 nitrogen and oxygen atoms in total. The van der Waals surface area contributed by atoms with Crippen LogP contribution < -0.4 is 10.2 Å². The van der Waals surface area contributed by atoms with Gasteiger partial charge >= 0.3 is 0 Å². The number of nitrogens with zero attached hydrogens (tertiary/aromatic N) is 3. The molecule has 30 heavy (non-hydrogen) atoms. The summed E-state index contributed by atoms with van der Waals surface area (Å²) in [6.45, 7) is 4.20. The van der Waals surface area contributed by atoms with Gasteiger partial charge in [0.15, 0.2) is 11.5 Å². The van der Waals surface area contributed by atoms with Gasteiger partial charge < -0.3 is 9.84 Å². The first kappa shape index (κ1) is 19.7. The highest BCUT2D eigenvalue weighted by molar-refractivity contribution is 7.20. The molecular weight excluding hydrogens is 400 g/mol. The molecule has 0 saturated heterocycles. The lowest BCUT2D eigenvalue weighted by atomic mass is 10.2. The van der Waals surface area contributed by atoms with Crippen LogP contribution in [0.15, 0.2) is 59.7 Å². The van der Waals surface area contributed by atoms with E-state index in [9.17, 15) is 9.90 Å². The number of amides is 1. The van der Waals surface area contributed by atoms with Crippen molar-refractivity contribution in [2.45, 2.75) is 13.8 Å². The summed E-state index contributed by atoms with van der Waals surface area (Å²) in [4.78, 5) is 14.0. The van der Waals surface area contributed by atoms with Gasteiger partial charge in [-0.2, -0.15) is 10.2 Å². The van der Waals surface area contributed by atoms with Crippen LogP contribution in [0.25, 0.3) is 15.9 Å². The highest BCUT2D eigenvalue weighted by atomic mass is 32.1. The van der Waals surface area contributed by atoms with E-state index >= 15 is 0 Å². The third kappa shape index (κ3) is 3.90. The minimum Gasteiger partial charge on any atom is -0.504 e. The van der Waals surface area contributed by atoms with Crippen LogP contribution in [0.2, 0.25) is 0 Å². The molecule has 0 saturated carbocycles. The number of hydrogen-bond acceptors (Lipinski definition) is 6. The molecule has 2 aromatic heterocycles. The molecule has 4 aromatic rings. The van der Waals surface area contributed by atoms with E-state index in [-0.39, 0.29) is 11.7 Å². The van der Waals surface area contributed by atoms with Gasteiger partial charge in [0.2, 0.25) is 0 Å². The number of ether oxygens (including phenoxy) is 1. The lowest BCUT2D eigenvalue weighted by Crippen LogP contribution is -2.16. The fourth-order valence-corrected chi connectivity index (χ4v) is 4.08. The Morgan fingerprint density at radius 3 is 2.83 bits per heavy atom. The van der Waals surface area contributed by atoms with Crippen LogP contribution in [-0.4, -0.2) is 33.6 Å². The zero-order valence-electron chi connectivity index (χ0n) is 16.5. The SMILES string of the molecule is CCOc1cc(/C=N\NC(=O)c2cc3c(C)nn(-c4ccccc4)c3s2)ccc1O. The molecule has 2 aromatic carbocycles. The molecular formula is C22H20N4O3S. The molecule has 0 bridgehead atoms. The van der Waals surface area contributed by atoms with Crippen molar-refractivity contribution in [3.8, 4) is 17.2 Å². The van der Waals surface area contributed by atoms with E-state index < -0.39 is 0 Å². The van der Waals surface area contributed by atoms with Crippen molar-refractivity contribution in [1.82, 2.24) is 15.2 Å². The van der Waals surface area contributed by atoms with Crippen LogP contribution in [0.5, 0.6) is 11.5 Å². The summed E-state index contributed by atoms with van der Waals surface area (Å²) in [7, 11) is 0. The number of thiophene rings is 1. The van der Waals surface area contributed by atoms with Gasteiger partial charge in [-0.1, -0.05) is 18.2 Å². The van der Waals surface area contributed by atoms with E-state index in [0.29, 0.717) is 22.8 Å². The van der Waals surface area contributed by atoms with Crippen molar-refractivity contribution in [3.05, 3.63) is 70.7 Å². The quantitative estimate of drug-likeness (QED) is 0.360. The van der Waals surface area contributed by atoms with E-state index in [1.165, 1.54) is 23.6 Å². The monoisotopic (exact) mass is 420 g/mol. The van der Waals surface area contributed by atoms with Crippen molar-refractivity contribution < 1.29 is 14.6 Å². The van der Waals surface area contributed by atoms with Crippen LogP contribution in [0.3, 0.4) is 0 Å². The van der Waals surface area contributed by atoms with E-state index in [4.69, 9.17) is 4.74 Å².